The molecule has 1 aliphatic heterocycles. The van der Waals surface area contributed by atoms with Crippen LogP contribution in [0.2, 0.25) is 0 Å². The van der Waals surface area contributed by atoms with Crippen LogP contribution in [0.5, 0.6) is 0 Å². The number of likely N-dealkylation sites (N-methyl/N-ethyl adjacent to an activating group) is 2. The van der Waals surface area contributed by atoms with E-state index >= 15 is 0 Å². The molecule has 0 bridgehead atoms. The van der Waals surface area contributed by atoms with E-state index in [1.165, 1.54) is 26.4 Å². The molecular formula is C14H14N2O4. The Balaban J connectivity index is 2.35. The van der Waals surface area contributed by atoms with Crippen molar-refractivity contribution in [2.24, 2.45) is 0 Å². The highest BCUT2D eigenvalue weighted by molar-refractivity contribution is 6.28. The van der Waals surface area contributed by atoms with Crippen LogP contribution in [0, 0.1) is 0 Å². The number of imide groups is 2. The number of amides is 4. The number of nitrogens with zero attached hydrogens (tertiary/aromatic N) is 2. The van der Waals surface area contributed by atoms with Crippen molar-refractivity contribution >= 4 is 23.9 Å². The van der Waals surface area contributed by atoms with Gasteiger partial charge in [-0.15, -0.1) is 0 Å². The number of rotatable bonds is 2. The normalized spacial score (nSPS) is 17.1. The second-order valence-electron chi connectivity index (χ2n) is 4.47. The summed E-state index contributed by atoms with van der Waals surface area (Å²) < 4.78 is 5.16. The predicted octanol–water partition coefficient (Wildman–Crippen LogP) is 1.66. The molecule has 104 valence electrons. The lowest BCUT2D eigenvalue weighted by Gasteiger charge is -2.28. The summed E-state index contributed by atoms with van der Waals surface area (Å²) in [4.78, 5) is 37.3. The van der Waals surface area contributed by atoms with Gasteiger partial charge in [-0.1, -0.05) is 0 Å². The van der Waals surface area contributed by atoms with Crippen molar-refractivity contribution in [1.82, 2.24) is 9.80 Å². The van der Waals surface area contributed by atoms with Crippen LogP contribution in [0.1, 0.15) is 12.7 Å². The third-order valence-electron chi connectivity index (χ3n) is 2.93. The number of barbiturate groups is 1. The van der Waals surface area contributed by atoms with Gasteiger partial charge in [-0.25, -0.2) is 4.79 Å². The molecule has 0 spiro atoms. The average molecular weight is 274 g/mol. The SMILES string of the molecule is C/C(C=C1C(=O)N(C)C(=O)N(C)C1=O)=C\c1ccco1. The van der Waals surface area contributed by atoms with E-state index in [0.29, 0.717) is 11.3 Å². The topological polar surface area (TPSA) is 70.8 Å². The molecule has 1 fully saturated rings. The van der Waals surface area contributed by atoms with Crippen molar-refractivity contribution < 1.29 is 18.8 Å². The summed E-state index contributed by atoms with van der Waals surface area (Å²) in [6.07, 6.45) is 4.68. The maximum Gasteiger partial charge on any atom is 0.333 e. The van der Waals surface area contributed by atoms with E-state index in [4.69, 9.17) is 4.42 Å². The molecule has 20 heavy (non-hydrogen) atoms. The van der Waals surface area contributed by atoms with Crippen LogP contribution in [0.25, 0.3) is 6.08 Å². The standard InChI is InChI=1S/C14H14N2O4/c1-9(7-10-5-4-6-20-10)8-11-12(17)15(2)14(19)16(3)13(11)18/h4-8H,1-3H3/b9-7+. The van der Waals surface area contributed by atoms with Gasteiger partial charge in [0.05, 0.1) is 6.26 Å². The van der Waals surface area contributed by atoms with Gasteiger partial charge in [-0.3, -0.25) is 19.4 Å². The predicted molar refractivity (Wildman–Crippen MR) is 71.4 cm³/mol. The molecule has 1 saturated heterocycles. The summed E-state index contributed by atoms with van der Waals surface area (Å²) in [6.45, 7) is 1.74. The first-order chi connectivity index (χ1) is 9.41. The van der Waals surface area contributed by atoms with E-state index in [-0.39, 0.29) is 5.57 Å². The zero-order valence-corrected chi connectivity index (χ0v) is 11.4. The molecule has 0 saturated carbocycles. The molecule has 1 aromatic rings. The molecule has 6 nitrogen and oxygen atoms in total. The first-order valence-electron chi connectivity index (χ1n) is 5.95. The van der Waals surface area contributed by atoms with E-state index in [9.17, 15) is 14.4 Å². The fourth-order valence-corrected chi connectivity index (χ4v) is 1.84. The summed E-state index contributed by atoms with van der Waals surface area (Å²) in [5, 5.41) is 0. The van der Waals surface area contributed by atoms with Crippen molar-refractivity contribution in [1.29, 1.82) is 0 Å². The minimum absolute atomic E-state index is 0.0464. The highest BCUT2D eigenvalue weighted by atomic mass is 16.3. The molecular weight excluding hydrogens is 260 g/mol. The fraction of sp³-hybridized carbons (Fsp3) is 0.214. The molecule has 0 radical (unpaired) electrons. The zero-order valence-electron chi connectivity index (χ0n) is 11.4. The van der Waals surface area contributed by atoms with Crippen LogP contribution >= 0.6 is 0 Å². The Kier molecular flexibility index (Phi) is 3.56. The lowest BCUT2D eigenvalue weighted by molar-refractivity contribution is -0.134. The molecule has 0 atom stereocenters. The zero-order chi connectivity index (χ0) is 14.9. The third-order valence-corrected chi connectivity index (χ3v) is 2.93. The van der Waals surface area contributed by atoms with Crippen molar-refractivity contribution in [2.45, 2.75) is 6.92 Å². The molecule has 0 unspecified atom stereocenters. The van der Waals surface area contributed by atoms with Crippen LogP contribution < -0.4 is 0 Å². The van der Waals surface area contributed by atoms with E-state index in [1.54, 1.807) is 25.1 Å². The Hall–Kier alpha value is -2.63. The van der Waals surface area contributed by atoms with E-state index < -0.39 is 17.8 Å². The van der Waals surface area contributed by atoms with Gasteiger partial charge in [0.25, 0.3) is 11.8 Å². The Morgan fingerprint density at radius 1 is 1.15 bits per heavy atom. The second kappa shape index (κ2) is 5.16. The van der Waals surface area contributed by atoms with Crippen LogP contribution in [0.3, 0.4) is 0 Å². The number of carbonyl (C=O) groups is 3. The number of urea groups is 1. The highest BCUT2D eigenvalue weighted by Crippen LogP contribution is 2.17. The molecule has 0 N–H and O–H groups in total. The number of furan rings is 1. The lowest BCUT2D eigenvalue weighted by atomic mass is 10.1. The van der Waals surface area contributed by atoms with Gasteiger partial charge in [0, 0.05) is 14.1 Å². The van der Waals surface area contributed by atoms with E-state index in [2.05, 4.69) is 0 Å². The molecule has 2 rings (SSSR count). The summed E-state index contributed by atoms with van der Waals surface area (Å²) in [6, 6.07) is 2.86. The van der Waals surface area contributed by atoms with Crippen molar-refractivity contribution in [3.05, 3.63) is 41.4 Å². The van der Waals surface area contributed by atoms with Crippen LogP contribution in [0.15, 0.2) is 40.0 Å². The van der Waals surface area contributed by atoms with Crippen molar-refractivity contribution in [3.63, 3.8) is 0 Å². The summed E-state index contributed by atoms with van der Waals surface area (Å²) in [5.41, 5.74) is 0.628. The summed E-state index contributed by atoms with van der Waals surface area (Å²) in [7, 11) is 2.68. The Morgan fingerprint density at radius 2 is 1.75 bits per heavy atom. The van der Waals surface area contributed by atoms with Crippen molar-refractivity contribution in [3.8, 4) is 0 Å². The first-order valence-corrected chi connectivity index (χ1v) is 5.95. The molecule has 4 amide bonds. The Labute approximate surface area is 115 Å². The molecule has 1 aromatic heterocycles. The van der Waals surface area contributed by atoms with Crippen LogP contribution in [0.4, 0.5) is 4.79 Å². The van der Waals surface area contributed by atoms with Crippen molar-refractivity contribution in [2.75, 3.05) is 14.1 Å². The van der Waals surface area contributed by atoms with Crippen LogP contribution in [-0.2, 0) is 9.59 Å². The van der Waals surface area contributed by atoms with E-state index in [1.807, 2.05) is 0 Å². The maximum absolute atomic E-state index is 12.0. The monoisotopic (exact) mass is 274 g/mol. The maximum atomic E-state index is 12.0. The van der Waals surface area contributed by atoms with Crippen LogP contribution in [-0.4, -0.2) is 41.7 Å². The Morgan fingerprint density at radius 3 is 2.25 bits per heavy atom. The highest BCUT2D eigenvalue weighted by Gasteiger charge is 2.37. The lowest BCUT2D eigenvalue weighted by Crippen LogP contribution is -2.53. The van der Waals surface area contributed by atoms with Gasteiger partial charge >= 0.3 is 6.03 Å². The van der Waals surface area contributed by atoms with Gasteiger partial charge in [0.15, 0.2) is 0 Å². The van der Waals surface area contributed by atoms with Gasteiger partial charge in [-0.05, 0) is 36.8 Å². The fourth-order valence-electron chi connectivity index (χ4n) is 1.84. The van der Waals surface area contributed by atoms with E-state index in [0.717, 1.165) is 9.80 Å². The molecule has 6 heteroatoms. The van der Waals surface area contributed by atoms with Gasteiger partial charge < -0.3 is 4.42 Å². The molecule has 1 aliphatic rings. The summed E-state index contributed by atoms with van der Waals surface area (Å²) in [5.74, 6) is -0.594. The quantitative estimate of drug-likeness (QED) is 0.607. The number of carbonyl (C=O) groups excluding carboxylic acids is 3. The van der Waals surface area contributed by atoms with Gasteiger partial charge in [0.2, 0.25) is 0 Å². The number of hydrogen-bond donors (Lipinski definition) is 0. The molecule has 0 aromatic carbocycles. The number of hydrogen-bond acceptors (Lipinski definition) is 4. The van der Waals surface area contributed by atoms with Gasteiger partial charge in [0.1, 0.15) is 11.3 Å². The minimum Gasteiger partial charge on any atom is -0.465 e. The molecule has 0 aliphatic carbocycles. The Bertz CT molecular complexity index is 600. The smallest absolute Gasteiger partial charge is 0.333 e. The number of allylic oxidation sites excluding steroid dienone is 2. The summed E-state index contributed by atoms with van der Waals surface area (Å²) >= 11 is 0. The van der Waals surface area contributed by atoms with Gasteiger partial charge in [-0.2, -0.15) is 0 Å². The largest absolute Gasteiger partial charge is 0.465 e. The average Bonchev–Trinajstić information content (AvgIpc) is 2.92. The second-order valence-corrected chi connectivity index (χ2v) is 4.47. The molecule has 2 heterocycles. The third kappa shape index (κ3) is 2.40. The minimum atomic E-state index is -0.634. The first kappa shape index (κ1) is 13.8.